The van der Waals surface area contributed by atoms with Gasteiger partial charge < -0.3 is 10.5 Å². The second-order valence-electron chi connectivity index (χ2n) is 3.81. The molecule has 0 unspecified atom stereocenters. The van der Waals surface area contributed by atoms with Gasteiger partial charge in [-0.15, -0.1) is 0 Å². The predicted octanol–water partition coefficient (Wildman–Crippen LogP) is 1.36. The van der Waals surface area contributed by atoms with E-state index in [-0.39, 0.29) is 5.75 Å². The zero-order valence-electron chi connectivity index (χ0n) is 10.1. The highest BCUT2D eigenvalue weighted by molar-refractivity contribution is 7.92. The van der Waals surface area contributed by atoms with Crippen LogP contribution in [0.25, 0.3) is 0 Å². The average molecular weight is 258 g/mol. The second-order valence-corrected chi connectivity index (χ2v) is 5.65. The molecule has 1 aromatic rings. The van der Waals surface area contributed by atoms with Crippen LogP contribution in [0.2, 0.25) is 0 Å². The maximum Gasteiger partial charge on any atom is 0.232 e. The van der Waals surface area contributed by atoms with E-state index in [2.05, 4.69) is 4.72 Å². The van der Waals surface area contributed by atoms with E-state index < -0.39 is 10.0 Å². The summed E-state index contributed by atoms with van der Waals surface area (Å²) >= 11 is 0. The molecule has 0 saturated heterocycles. The van der Waals surface area contributed by atoms with Gasteiger partial charge in [0.15, 0.2) is 0 Å². The lowest BCUT2D eigenvalue weighted by Crippen LogP contribution is -2.19. The number of para-hydroxylation sites is 1. The van der Waals surface area contributed by atoms with Crippen molar-refractivity contribution in [1.82, 2.24) is 0 Å². The monoisotopic (exact) mass is 258 g/mol. The van der Waals surface area contributed by atoms with E-state index in [0.717, 1.165) is 5.56 Å². The summed E-state index contributed by atoms with van der Waals surface area (Å²) in [5.41, 5.74) is 7.43. The number of methoxy groups -OCH3 is 1. The molecule has 1 aromatic carbocycles. The molecule has 0 atom stereocenters. The largest absolute Gasteiger partial charge is 0.397 e. The Morgan fingerprint density at radius 1 is 1.41 bits per heavy atom. The lowest BCUT2D eigenvalue weighted by atomic mass is 10.2. The fourth-order valence-electron chi connectivity index (χ4n) is 1.43. The number of sulfonamides is 1. The van der Waals surface area contributed by atoms with Crippen molar-refractivity contribution in [2.45, 2.75) is 13.3 Å². The van der Waals surface area contributed by atoms with Crippen molar-refractivity contribution < 1.29 is 13.2 Å². The Bertz CT molecular complexity index is 451. The van der Waals surface area contributed by atoms with E-state index in [9.17, 15) is 8.42 Å². The predicted molar refractivity (Wildman–Crippen MR) is 69.5 cm³/mol. The Balaban J connectivity index is 2.76. The Hall–Kier alpha value is -1.27. The minimum absolute atomic E-state index is 0.0224. The smallest absolute Gasteiger partial charge is 0.232 e. The van der Waals surface area contributed by atoms with Gasteiger partial charge in [-0.1, -0.05) is 12.1 Å². The lowest BCUT2D eigenvalue weighted by molar-refractivity contribution is 0.199. The van der Waals surface area contributed by atoms with Crippen molar-refractivity contribution in [1.29, 1.82) is 0 Å². The SMILES string of the molecule is COCCCS(=O)(=O)Nc1c(C)cccc1N. The third kappa shape index (κ3) is 4.24. The molecule has 17 heavy (non-hydrogen) atoms. The van der Waals surface area contributed by atoms with Gasteiger partial charge in [-0.3, -0.25) is 4.72 Å². The molecule has 96 valence electrons. The van der Waals surface area contributed by atoms with Gasteiger partial charge in [0, 0.05) is 13.7 Å². The molecular formula is C11H18N2O3S. The van der Waals surface area contributed by atoms with Gasteiger partial charge in [0.1, 0.15) is 0 Å². The van der Waals surface area contributed by atoms with Gasteiger partial charge in [-0.25, -0.2) is 8.42 Å². The fourth-order valence-corrected chi connectivity index (χ4v) is 2.62. The third-order valence-electron chi connectivity index (χ3n) is 2.32. The van der Waals surface area contributed by atoms with Crippen molar-refractivity contribution in [3.63, 3.8) is 0 Å². The van der Waals surface area contributed by atoms with Crippen LogP contribution in [0, 0.1) is 6.92 Å². The van der Waals surface area contributed by atoms with Gasteiger partial charge in [0.2, 0.25) is 10.0 Å². The number of hydrogen-bond donors (Lipinski definition) is 2. The van der Waals surface area contributed by atoms with Crippen LogP contribution in [-0.2, 0) is 14.8 Å². The van der Waals surface area contributed by atoms with Crippen molar-refractivity contribution in [2.24, 2.45) is 0 Å². The molecule has 1 rings (SSSR count). The minimum Gasteiger partial charge on any atom is -0.397 e. The molecule has 0 aromatic heterocycles. The van der Waals surface area contributed by atoms with Crippen LogP contribution in [0.15, 0.2) is 18.2 Å². The number of hydrogen-bond acceptors (Lipinski definition) is 4. The molecule has 3 N–H and O–H groups in total. The van der Waals surface area contributed by atoms with E-state index in [1.54, 1.807) is 19.2 Å². The van der Waals surface area contributed by atoms with Gasteiger partial charge in [0.25, 0.3) is 0 Å². The average Bonchev–Trinajstić information content (AvgIpc) is 2.24. The van der Waals surface area contributed by atoms with Gasteiger partial charge in [0.05, 0.1) is 17.1 Å². The normalized spacial score (nSPS) is 11.4. The summed E-state index contributed by atoms with van der Waals surface area (Å²) in [6.45, 7) is 2.23. The van der Waals surface area contributed by atoms with Gasteiger partial charge in [-0.05, 0) is 25.0 Å². The molecule has 0 radical (unpaired) electrons. The molecule has 0 fully saturated rings. The zero-order valence-corrected chi connectivity index (χ0v) is 10.9. The van der Waals surface area contributed by atoms with Crippen LogP contribution >= 0.6 is 0 Å². The highest BCUT2D eigenvalue weighted by atomic mass is 32.2. The first-order valence-electron chi connectivity index (χ1n) is 5.31. The summed E-state index contributed by atoms with van der Waals surface area (Å²) in [5, 5.41) is 0. The first kappa shape index (κ1) is 13.8. The molecule has 5 nitrogen and oxygen atoms in total. The summed E-state index contributed by atoms with van der Waals surface area (Å²) < 4.78 is 30.8. The van der Waals surface area contributed by atoms with Gasteiger partial charge >= 0.3 is 0 Å². The maximum atomic E-state index is 11.8. The summed E-state index contributed by atoms with van der Waals surface area (Å²) in [7, 11) is -1.82. The van der Waals surface area contributed by atoms with Crippen molar-refractivity contribution in [3.8, 4) is 0 Å². The number of ether oxygens (including phenoxy) is 1. The minimum atomic E-state index is -3.36. The van der Waals surface area contributed by atoms with E-state index in [1.807, 2.05) is 13.0 Å². The molecule has 6 heteroatoms. The second kappa shape index (κ2) is 5.88. The van der Waals surface area contributed by atoms with Crippen molar-refractivity contribution in [2.75, 3.05) is 29.9 Å². The summed E-state index contributed by atoms with van der Waals surface area (Å²) in [4.78, 5) is 0. The molecule has 0 amide bonds. The Morgan fingerprint density at radius 3 is 2.71 bits per heavy atom. The highest BCUT2D eigenvalue weighted by Crippen LogP contribution is 2.23. The van der Waals surface area contributed by atoms with E-state index in [1.165, 1.54) is 0 Å². The number of nitrogens with one attached hydrogen (secondary N) is 1. The van der Waals surface area contributed by atoms with Gasteiger partial charge in [-0.2, -0.15) is 0 Å². The number of benzene rings is 1. The zero-order chi connectivity index (χ0) is 12.9. The van der Waals surface area contributed by atoms with Crippen molar-refractivity contribution in [3.05, 3.63) is 23.8 Å². The number of nitrogens with two attached hydrogens (primary N) is 1. The molecule has 0 aliphatic carbocycles. The maximum absolute atomic E-state index is 11.8. The standard InChI is InChI=1S/C11H18N2O3S/c1-9-5-3-6-10(12)11(9)13-17(14,15)8-4-7-16-2/h3,5-6,13H,4,7-8,12H2,1-2H3. The van der Waals surface area contributed by atoms with E-state index in [4.69, 9.17) is 10.5 Å². The molecule has 0 aliphatic rings. The summed E-state index contributed by atoms with van der Waals surface area (Å²) in [6.07, 6.45) is 0.456. The molecule has 0 bridgehead atoms. The van der Waals surface area contributed by atoms with Crippen LogP contribution in [-0.4, -0.2) is 27.9 Å². The van der Waals surface area contributed by atoms with E-state index in [0.29, 0.717) is 24.4 Å². The number of anilines is 2. The quantitative estimate of drug-likeness (QED) is 0.596. The number of nitrogen functional groups attached to an aromatic ring is 1. The topological polar surface area (TPSA) is 81.4 Å². The van der Waals surface area contributed by atoms with Crippen LogP contribution in [0.3, 0.4) is 0 Å². The summed E-state index contributed by atoms with van der Waals surface area (Å²) in [6, 6.07) is 5.26. The van der Waals surface area contributed by atoms with Crippen LogP contribution in [0.4, 0.5) is 11.4 Å². The van der Waals surface area contributed by atoms with Crippen molar-refractivity contribution >= 4 is 21.4 Å². The molecule has 0 saturated carbocycles. The Morgan fingerprint density at radius 2 is 2.12 bits per heavy atom. The first-order chi connectivity index (χ1) is 7.96. The Labute approximate surface area is 102 Å². The number of rotatable bonds is 6. The van der Waals surface area contributed by atoms with Crippen LogP contribution < -0.4 is 10.5 Å². The molecular weight excluding hydrogens is 240 g/mol. The number of aryl methyl sites for hydroxylation is 1. The molecule has 0 heterocycles. The van der Waals surface area contributed by atoms with E-state index >= 15 is 0 Å². The fraction of sp³-hybridized carbons (Fsp3) is 0.455. The third-order valence-corrected chi connectivity index (χ3v) is 3.67. The summed E-state index contributed by atoms with van der Waals surface area (Å²) in [5.74, 6) is 0.0224. The molecule has 0 aliphatic heterocycles. The van der Waals surface area contributed by atoms with Crippen LogP contribution in [0.1, 0.15) is 12.0 Å². The van der Waals surface area contributed by atoms with Crippen LogP contribution in [0.5, 0.6) is 0 Å². The highest BCUT2D eigenvalue weighted by Gasteiger charge is 2.13. The Kier molecular flexibility index (Phi) is 4.77. The first-order valence-corrected chi connectivity index (χ1v) is 6.96. The molecule has 0 spiro atoms. The lowest BCUT2D eigenvalue weighted by Gasteiger charge is -2.12.